The SMILES string of the molecule is CNc1cc(C)nc(Nc2ccc(OC)c(O[C@H]3C[C@@H](N(C)C)C3)c2)n1. The molecule has 0 radical (unpaired) electrons. The van der Waals surface area contributed by atoms with E-state index in [1.165, 1.54) is 0 Å². The van der Waals surface area contributed by atoms with Crippen molar-refractivity contribution in [3.63, 3.8) is 0 Å². The van der Waals surface area contributed by atoms with E-state index >= 15 is 0 Å². The van der Waals surface area contributed by atoms with Gasteiger partial charge in [-0.05, 0) is 46.0 Å². The number of hydrogen-bond donors (Lipinski definition) is 2. The number of nitrogens with one attached hydrogen (secondary N) is 2. The molecule has 1 aliphatic rings. The summed E-state index contributed by atoms with van der Waals surface area (Å²) in [7, 11) is 7.70. The highest BCUT2D eigenvalue weighted by Crippen LogP contribution is 2.36. The Morgan fingerprint density at radius 3 is 2.54 bits per heavy atom. The van der Waals surface area contributed by atoms with E-state index in [4.69, 9.17) is 9.47 Å². The summed E-state index contributed by atoms with van der Waals surface area (Å²) in [6, 6.07) is 8.25. The molecule has 1 aromatic heterocycles. The van der Waals surface area contributed by atoms with Gasteiger partial charge in [-0.15, -0.1) is 0 Å². The topological polar surface area (TPSA) is 71.5 Å². The third-order valence-electron chi connectivity index (χ3n) is 4.62. The molecule has 0 bridgehead atoms. The van der Waals surface area contributed by atoms with Gasteiger partial charge in [-0.25, -0.2) is 4.98 Å². The molecular weight excluding hydrogens is 330 g/mol. The zero-order valence-electron chi connectivity index (χ0n) is 16.0. The van der Waals surface area contributed by atoms with Crippen molar-refractivity contribution in [1.82, 2.24) is 14.9 Å². The number of methoxy groups -OCH3 is 1. The van der Waals surface area contributed by atoms with Gasteiger partial charge in [0.1, 0.15) is 11.9 Å². The second kappa shape index (κ2) is 7.78. The highest BCUT2D eigenvalue weighted by Gasteiger charge is 2.32. The van der Waals surface area contributed by atoms with E-state index in [9.17, 15) is 0 Å². The molecule has 140 valence electrons. The standard InChI is InChI=1S/C19H27N5O2/c1-12-8-18(20-2)23-19(21-12)22-13-6-7-16(25-5)17(9-13)26-15-10-14(11-15)24(3)4/h6-9,14-15H,10-11H2,1-5H3,(H2,20,21,22,23)/t14-,15+. The van der Waals surface area contributed by atoms with Gasteiger partial charge in [0.25, 0.3) is 0 Å². The fraction of sp³-hybridized carbons (Fsp3) is 0.474. The smallest absolute Gasteiger partial charge is 0.229 e. The van der Waals surface area contributed by atoms with Gasteiger partial charge in [0.2, 0.25) is 5.95 Å². The van der Waals surface area contributed by atoms with Crippen LogP contribution in [0.2, 0.25) is 0 Å². The molecule has 1 heterocycles. The van der Waals surface area contributed by atoms with Gasteiger partial charge in [0.15, 0.2) is 11.5 Å². The zero-order chi connectivity index (χ0) is 18.7. The third-order valence-corrected chi connectivity index (χ3v) is 4.62. The summed E-state index contributed by atoms with van der Waals surface area (Å²) < 4.78 is 11.6. The molecule has 1 saturated carbocycles. The number of aryl methyl sites for hydroxylation is 1. The molecule has 3 rings (SSSR count). The number of aromatic nitrogens is 2. The van der Waals surface area contributed by atoms with Crippen LogP contribution in [-0.4, -0.2) is 55.3 Å². The van der Waals surface area contributed by atoms with Gasteiger partial charge in [-0.3, -0.25) is 0 Å². The maximum Gasteiger partial charge on any atom is 0.229 e. The quantitative estimate of drug-likeness (QED) is 0.789. The molecule has 0 saturated heterocycles. The summed E-state index contributed by atoms with van der Waals surface area (Å²) in [5, 5.41) is 6.28. The van der Waals surface area contributed by atoms with E-state index in [0.29, 0.717) is 12.0 Å². The van der Waals surface area contributed by atoms with Crippen molar-refractivity contribution < 1.29 is 9.47 Å². The van der Waals surface area contributed by atoms with Crippen LogP contribution in [0.25, 0.3) is 0 Å². The molecule has 0 atom stereocenters. The lowest BCUT2D eigenvalue weighted by Gasteiger charge is -2.39. The van der Waals surface area contributed by atoms with Gasteiger partial charge >= 0.3 is 0 Å². The Labute approximate surface area is 154 Å². The Kier molecular flexibility index (Phi) is 5.46. The molecule has 0 amide bonds. The van der Waals surface area contributed by atoms with Crippen LogP contribution in [0.5, 0.6) is 11.5 Å². The van der Waals surface area contributed by atoms with Crippen molar-refractivity contribution in [2.24, 2.45) is 0 Å². The number of anilines is 3. The number of benzene rings is 1. The van der Waals surface area contributed by atoms with Crippen LogP contribution in [0.4, 0.5) is 17.5 Å². The second-order valence-corrected chi connectivity index (χ2v) is 6.79. The minimum Gasteiger partial charge on any atom is -0.493 e. The van der Waals surface area contributed by atoms with Crippen molar-refractivity contribution >= 4 is 17.5 Å². The minimum atomic E-state index is 0.220. The fourth-order valence-electron chi connectivity index (χ4n) is 2.96. The van der Waals surface area contributed by atoms with E-state index in [2.05, 4.69) is 39.6 Å². The molecule has 7 heteroatoms. The Hall–Kier alpha value is -2.54. The summed E-state index contributed by atoms with van der Waals surface area (Å²) in [5.74, 6) is 2.78. The molecule has 7 nitrogen and oxygen atoms in total. The van der Waals surface area contributed by atoms with Crippen LogP contribution in [0.15, 0.2) is 24.3 Å². The first kappa shape index (κ1) is 18.3. The predicted molar refractivity (Wildman–Crippen MR) is 104 cm³/mol. The molecule has 0 spiro atoms. The first-order valence-electron chi connectivity index (χ1n) is 8.80. The van der Waals surface area contributed by atoms with E-state index in [0.717, 1.165) is 41.5 Å². The number of ether oxygens (including phenoxy) is 2. The zero-order valence-corrected chi connectivity index (χ0v) is 16.0. The fourth-order valence-corrected chi connectivity index (χ4v) is 2.96. The van der Waals surface area contributed by atoms with Gasteiger partial charge in [0.05, 0.1) is 7.11 Å². The maximum atomic E-state index is 6.15. The average Bonchev–Trinajstić information content (AvgIpc) is 2.57. The number of nitrogens with zero attached hydrogens (tertiary/aromatic N) is 3. The molecule has 0 aliphatic heterocycles. The first-order chi connectivity index (χ1) is 12.5. The highest BCUT2D eigenvalue weighted by molar-refractivity contribution is 5.60. The van der Waals surface area contributed by atoms with Crippen molar-refractivity contribution in [3.8, 4) is 11.5 Å². The molecule has 1 fully saturated rings. The van der Waals surface area contributed by atoms with Crippen LogP contribution in [0.3, 0.4) is 0 Å². The minimum absolute atomic E-state index is 0.220. The second-order valence-electron chi connectivity index (χ2n) is 6.79. The van der Waals surface area contributed by atoms with Crippen molar-refractivity contribution in [2.45, 2.75) is 31.9 Å². The van der Waals surface area contributed by atoms with Gasteiger partial charge in [-0.2, -0.15) is 4.98 Å². The van der Waals surface area contributed by atoms with Crippen LogP contribution >= 0.6 is 0 Å². The van der Waals surface area contributed by atoms with Gasteiger partial charge < -0.3 is 25.0 Å². The van der Waals surface area contributed by atoms with Gasteiger partial charge in [0, 0.05) is 36.6 Å². The van der Waals surface area contributed by atoms with Crippen LogP contribution in [-0.2, 0) is 0 Å². The molecule has 26 heavy (non-hydrogen) atoms. The first-order valence-corrected chi connectivity index (χ1v) is 8.80. The van der Waals surface area contributed by atoms with E-state index < -0.39 is 0 Å². The summed E-state index contributed by atoms with van der Waals surface area (Å²) in [4.78, 5) is 11.1. The van der Waals surface area contributed by atoms with Crippen molar-refractivity contribution in [1.29, 1.82) is 0 Å². The number of rotatable bonds is 7. The Morgan fingerprint density at radius 2 is 1.88 bits per heavy atom. The van der Waals surface area contributed by atoms with E-state index in [1.807, 2.05) is 38.2 Å². The molecule has 1 aliphatic carbocycles. The Morgan fingerprint density at radius 1 is 1.12 bits per heavy atom. The lowest BCUT2D eigenvalue weighted by atomic mass is 9.88. The van der Waals surface area contributed by atoms with Crippen molar-refractivity contribution in [2.75, 3.05) is 38.9 Å². The molecular formula is C19H27N5O2. The molecule has 1 aromatic carbocycles. The lowest BCUT2D eigenvalue weighted by Crippen LogP contribution is -2.46. The monoisotopic (exact) mass is 357 g/mol. The largest absolute Gasteiger partial charge is 0.493 e. The summed E-state index contributed by atoms with van der Waals surface area (Å²) in [6.07, 6.45) is 2.28. The average molecular weight is 357 g/mol. The number of hydrogen-bond acceptors (Lipinski definition) is 7. The lowest BCUT2D eigenvalue weighted by molar-refractivity contribution is 0.0383. The molecule has 2 aromatic rings. The highest BCUT2D eigenvalue weighted by atomic mass is 16.5. The predicted octanol–water partition coefficient (Wildman–Crippen LogP) is 3.05. The summed E-state index contributed by atoms with van der Waals surface area (Å²) in [5.41, 5.74) is 1.75. The third kappa shape index (κ3) is 4.16. The molecule has 0 unspecified atom stereocenters. The van der Waals surface area contributed by atoms with E-state index in [-0.39, 0.29) is 6.10 Å². The summed E-state index contributed by atoms with van der Waals surface area (Å²) >= 11 is 0. The Bertz CT molecular complexity index is 760. The maximum absolute atomic E-state index is 6.15. The normalized spacial score (nSPS) is 19.0. The molecule has 2 N–H and O–H groups in total. The summed E-state index contributed by atoms with van der Waals surface area (Å²) in [6.45, 7) is 1.94. The van der Waals surface area contributed by atoms with Crippen LogP contribution in [0.1, 0.15) is 18.5 Å². The van der Waals surface area contributed by atoms with E-state index in [1.54, 1.807) is 7.11 Å². The Balaban J connectivity index is 1.74. The van der Waals surface area contributed by atoms with Crippen LogP contribution < -0.4 is 20.1 Å². The van der Waals surface area contributed by atoms with Gasteiger partial charge in [-0.1, -0.05) is 0 Å². The van der Waals surface area contributed by atoms with Crippen molar-refractivity contribution in [3.05, 3.63) is 30.0 Å². The van der Waals surface area contributed by atoms with Crippen LogP contribution in [0, 0.1) is 6.92 Å².